The Bertz CT molecular complexity index is 764. The Hall–Kier alpha value is -2.54. The molecule has 0 aliphatic rings. The van der Waals surface area contributed by atoms with Crippen LogP contribution in [-0.2, 0) is 16.0 Å². The first-order valence-electron chi connectivity index (χ1n) is 9.31. The fourth-order valence-corrected chi connectivity index (χ4v) is 2.73. The lowest BCUT2D eigenvalue weighted by Crippen LogP contribution is -2.42. The Kier molecular flexibility index (Phi) is 7.24. The van der Waals surface area contributed by atoms with Crippen LogP contribution in [0, 0.1) is 0 Å². The zero-order chi connectivity index (χ0) is 19.9. The van der Waals surface area contributed by atoms with Gasteiger partial charge in [0, 0.05) is 30.2 Å². The number of unbranched alkanes of at least 4 members (excludes halogenated alkanes) is 1. The van der Waals surface area contributed by atoms with Crippen molar-refractivity contribution in [3.8, 4) is 0 Å². The summed E-state index contributed by atoms with van der Waals surface area (Å²) in [6, 6.07) is 7.35. The molecule has 27 heavy (non-hydrogen) atoms. The summed E-state index contributed by atoms with van der Waals surface area (Å²) in [5, 5.41) is 6.64. The zero-order valence-electron chi connectivity index (χ0n) is 16.3. The number of ether oxygens (including phenoxy) is 1. The number of hydrogen-bond donors (Lipinski definition) is 4. The molecule has 0 fully saturated rings. The fraction of sp³-hybridized carbons (Fsp3) is 0.500. The molecule has 1 heterocycles. The van der Waals surface area contributed by atoms with Crippen LogP contribution in [0.15, 0.2) is 30.5 Å². The predicted molar refractivity (Wildman–Crippen MR) is 106 cm³/mol. The standard InChI is InChI=1S/C20H30N4O3/c1-20(2,3)27-19(26)23-11-7-6-10-22-18(25)16(21)12-14-13-24-17-9-5-4-8-15(14)17/h4-5,8-9,13,16,24H,6-7,10-12,21H2,1-3H3,(H,22,25)(H,23,26)/t16-/m0/s1. The number of carbonyl (C=O) groups excluding carboxylic acids is 2. The highest BCUT2D eigenvalue weighted by atomic mass is 16.6. The Morgan fingerprint density at radius 3 is 2.52 bits per heavy atom. The van der Waals surface area contributed by atoms with Gasteiger partial charge in [0.25, 0.3) is 0 Å². The summed E-state index contributed by atoms with van der Waals surface area (Å²) in [7, 11) is 0. The van der Waals surface area contributed by atoms with Crippen LogP contribution in [0.3, 0.4) is 0 Å². The van der Waals surface area contributed by atoms with E-state index in [0.29, 0.717) is 19.5 Å². The SMILES string of the molecule is CC(C)(C)OC(=O)NCCCCNC(=O)[C@@H](N)Cc1c[nH]c2ccccc12. The van der Waals surface area contributed by atoms with Gasteiger partial charge in [-0.1, -0.05) is 18.2 Å². The van der Waals surface area contributed by atoms with E-state index in [4.69, 9.17) is 10.5 Å². The third-order valence-corrected chi connectivity index (χ3v) is 4.02. The van der Waals surface area contributed by atoms with Gasteiger partial charge in [0.15, 0.2) is 0 Å². The number of nitrogens with two attached hydrogens (primary N) is 1. The van der Waals surface area contributed by atoms with E-state index >= 15 is 0 Å². The number of aromatic nitrogens is 1. The van der Waals surface area contributed by atoms with Gasteiger partial charge in [0.2, 0.25) is 5.91 Å². The van der Waals surface area contributed by atoms with Crippen LogP contribution in [-0.4, -0.2) is 41.7 Å². The minimum absolute atomic E-state index is 0.166. The van der Waals surface area contributed by atoms with Gasteiger partial charge in [-0.3, -0.25) is 4.79 Å². The van der Waals surface area contributed by atoms with Crippen molar-refractivity contribution in [3.63, 3.8) is 0 Å². The molecule has 7 heteroatoms. The van der Waals surface area contributed by atoms with Gasteiger partial charge in [-0.05, 0) is 51.7 Å². The largest absolute Gasteiger partial charge is 0.444 e. The lowest BCUT2D eigenvalue weighted by molar-refractivity contribution is -0.122. The maximum Gasteiger partial charge on any atom is 0.407 e. The van der Waals surface area contributed by atoms with Crippen molar-refractivity contribution in [1.82, 2.24) is 15.6 Å². The molecule has 0 radical (unpaired) electrons. The van der Waals surface area contributed by atoms with Crippen molar-refractivity contribution in [1.29, 1.82) is 0 Å². The molecule has 7 nitrogen and oxygen atoms in total. The van der Waals surface area contributed by atoms with Crippen LogP contribution in [0.5, 0.6) is 0 Å². The van der Waals surface area contributed by atoms with Crippen molar-refractivity contribution in [2.45, 2.75) is 51.7 Å². The van der Waals surface area contributed by atoms with Crippen molar-refractivity contribution in [2.75, 3.05) is 13.1 Å². The topological polar surface area (TPSA) is 109 Å². The summed E-state index contributed by atoms with van der Waals surface area (Å²) in [6.07, 6.45) is 3.46. The molecule has 0 aliphatic carbocycles. The maximum atomic E-state index is 12.2. The molecule has 0 bridgehead atoms. The first-order chi connectivity index (χ1) is 12.8. The highest BCUT2D eigenvalue weighted by Crippen LogP contribution is 2.18. The first kappa shape index (κ1) is 20.8. The van der Waals surface area contributed by atoms with Crippen LogP contribution in [0.2, 0.25) is 0 Å². The molecule has 0 unspecified atom stereocenters. The van der Waals surface area contributed by atoms with Gasteiger partial charge in [-0.15, -0.1) is 0 Å². The Morgan fingerprint density at radius 1 is 1.15 bits per heavy atom. The third-order valence-electron chi connectivity index (χ3n) is 4.02. The molecule has 1 aromatic carbocycles. The molecule has 148 valence electrons. The molecule has 0 saturated carbocycles. The van der Waals surface area contributed by atoms with Gasteiger partial charge in [0.1, 0.15) is 5.60 Å². The average molecular weight is 374 g/mol. The van der Waals surface area contributed by atoms with Gasteiger partial charge < -0.3 is 26.1 Å². The van der Waals surface area contributed by atoms with Crippen LogP contribution >= 0.6 is 0 Å². The highest BCUT2D eigenvalue weighted by molar-refractivity contribution is 5.86. The summed E-state index contributed by atoms with van der Waals surface area (Å²) in [4.78, 5) is 26.9. The molecular formula is C20H30N4O3. The van der Waals surface area contributed by atoms with Gasteiger partial charge in [-0.2, -0.15) is 0 Å². The number of hydrogen-bond acceptors (Lipinski definition) is 4. The second kappa shape index (κ2) is 9.41. The summed E-state index contributed by atoms with van der Waals surface area (Å²) in [5.41, 5.74) is 7.61. The lowest BCUT2D eigenvalue weighted by Gasteiger charge is -2.19. The predicted octanol–water partition coefficient (Wildman–Crippen LogP) is 2.46. The minimum atomic E-state index is -0.593. The number of para-hydroxylation sites is 1. The molecule has 0 saturated heterocycles. The van der Waals surface area contributed by atoms with E-state index in [-0.39, 0.29) is 5.91 Å². The Labute approximate surface area is 160 Å². The van der Waals surface area contributed by atoms with E-state index in [1.807, 2.05) is 51.2 Å². The van der Waals surface area contributed by atoms with Crippen molar-refractivity contribution in [3.05, 3.63) is 36.0 Å². The molecule has 2 aromatic rings. The minimum Gasteiger partial charge on any atom is -0.444 e. The van der Waals surface area contributed by atoms with Crippen molar-refractivity contribution < 1.29 is 14.3 Å². The fourth-order valence-electron chi connectivity index (χ4n) is 2.73. The van der Waals surface area contributed by atoms with Gasteiger partial charge in [-0.25, -0.2) is 4.79 Å². The monoisotopic (exact) mass is 374 g/mol. The number of H-pyrrole nitrogens is 1. The second-order valence-corrected chi connectivity index (χ2v) is 7.60. The smallest absolute Gasteiger partial charge is 0.407 e. The Morgan fingerprint density at radius 2 is 1.81 bits per heavy atom. The van der Waals surface area contributed by atoms with E-state index < -0.39 is 17.7 Å². The number of alkyl carbamates (subject to hydrolysis) is 1. The lowest BCUT2D eigenvalue weighted by atomic mass is 10.1. The number of rotatable bonds is 8. The quantitative estimate of drug-likeness (QED) is 0.532. The summed E-state index contributed by atoms with van der Waals surface area (Å²) in [5.74, 6) is -0.166. The highest BCUT2D eigenvalue weighted by Gasteiger charge is 2.16. The van der Waals surface area contributed by atoms with Gasteiger partial charge in [0.05, 0.1) is 6.04 Å². The molecule has 1 atom stereocenters. The van der Waals surface area contributed by atoms with Gasteiger partial charge >= 0.3 is 6.09 Å². The first-order valence-corrected chi connectivity index (χ1v) is 9.31. The second-order valence-electron chi connectivity index (χ2n) is 7.60. The number of aromatic amines is 1. The number of benzene rings is 1. The molecule has 0 aliphatic heterocycles. The van der Waals surface area contributed by atoms with E-state index in [1.165, 1.54) is 0 Å². The molecule has 2 amide bonds. The Balaban J connectivity index is 1.63. The summed E-state index contributed by atoms with van der Waals surface area (Å²) in [6.45, 7) is 6.49. The molecule has 2 rings (SSSR count). The van der Waals surface area contributed by atoms with Crippen molar-refractivity contribution >= 4 is 22.9 Å². The average Bonchev–Trinajstić information content (AvgIpc) is 2.99. The number of nitrogens with one attached hydrogen (secondary N) is 3. The van der Waals surface area contributed by atoms with Crippen LogP contribution in [0.1, 0.15) is 39.2 Å². The molecule has 1 aromatic heterocycles. The third kappa shape index (κ3) is 6.94. The summed E-state index contributed by atoms with van der Waals surface area (Å²) < 4.78 is 5.16. The van der Waals surface area contributed by atoms with Crippen LogP contribution in [0.25, 0.3) is 10.9 Å². The molecular weight excluding hydrogens is 344 g/mol. The van der Waals surface area contributed by atoms with Crippen LogP contribution < -0.4 is 16.4 Å². The van der Waals surface area contributed by atoms with Crippen molar-refractivity contribution in [2.24, 2.45) is 5.73 Å². The number of carbonyl (C=O) groups is 2. The van der Waals surface area contributed by atoms with E-state index in [9.17, 15) is 9.59 Å². The summed E-state index contributed by atoms with van der Waals surface area (Å²) >= 11 is 0. The maximum absolute atomic E-state index is 12.2. The molecule has 0 spiro atoms. The van der Waals surface area contributed by atoms with E-state index in [2.05, 4.69) is 15.6 Å². The number of amides is 2. The van der Waals surface area contributed by atoms with Crippen LogP contribution in [0.4, 0.5) is 4.79 Å². The number of fused-ring (bicyclic) bond motifs is 1. The normalized spacial score (nSPS) is 12.6. The van der Waals surface area contributed by atoms with E-state index in [1.54, 1.807) is 0 Å². The molecule has 5 N–H and O–H groups in total. The zero-order valence-corrected chi connectivity index (χ0v) is 16.3. The van der Waals surface area contributed by atoms with E-state index in [0.717, 1.165) is 29.3 Å².